The van der Waals surface area contributed by atoms with Gasteiger partial charge in [-0.15, -0.1) is 0 Å². The molecule has 0 amide bonds. The van der Waals surface area contributed by atoms with Gasteiger partial charge in [-0.25, -0.2) is 0 Å². The highest BCUT2D eigenvalue weighted by atomic mass is 28.4. The summed E-state index contributed by atoms with van der Waals surface area (Å²) in [5.74, 6) is 0. The summed E-state index contributed by atoms with van der Waals surface area (Å²) in [6, 6.07) is 38.5. The molecule has 34 heavy (non-hydrogen) atoms. The van der Waals surface area contributed by atoms with Crippen LogP contribution in [0, 0.1) is 0 Å². The van der Waals surface area contributed by atoms with E-state index in [-0.39, 0.29) is 11.6 Å². The zero-order valence-electron chi connectivity index (χ0n) is 20.4. The summed E-state index contributed by atoms with van der Waals surface area (Å²) >= 11 is 0. The number of rotatable bonds is 8. The Hall–Kier alpha value is -2.98. The number of benzene rings is 4. The van der Waals surface area contributed by atoms with Gasteiger partial charge in [0.05, 0.1) is 13.2 Å². The fourth-order valence-corrected chi connectivity index (χ4v) is 9.24. The molecule has 0 spiro atoms. The molecule has 0 heterocycles. The molecule has 4 aromatic carbocycles. The summed E-state index contributed by atoms with van der Waals surface area (Å²) in [6.07, 6.45) is 0.877. The number of hydrogen-bond acceptors (Lipinski definition) is 2. The predicted molar refractivity (Wildman–Crippen MR) is 144 cm³/mol. The summed E-state index contributed by atoms with van der Waals surface area (Å²) in [4.78, 5) is 0. The van der Waals surface area contributed by atoms with E-state index < -0.39 is 8.32 Å². The van der Waals surface area contributed by atoms with Gasteiger partial charge >= 0.3 is 0 Å². The summed E-state index contributed by atoms with van der Waals surface area (Å²) < 4.78 is 7.05. The van der Waals surface area contributed by atoms with Gasteiger partial charge in [-0.1, -0.05) is 130 Å². The first-order valence-electron chi connectivity index (χ1n) is 11.9. The smallest absolute Gasteiger partial charge is 0.261 e. The fourth-order valence-electron chi connectivity index (χ4n) is 4.70. The van der Waals surface area contributed by atoms with Crippen LogP contribution in [0.3, 0.4) is 0 Å². The molecule has 0 aromatic heterocycles. The van der Waals surface area contributed by atoms with Crippen LogP contribution in [-0.2, 0) is 24.1 Å². The zero-order chi connectivity index (χ0) is 24.0. The molecule has 0 fully saturated rings. The van der Waals surface area contributed by atoms with Crippen molar-refractivity contribution < 1.29 is 9.53 Å². The van der Waals surface area contributed by atoms with Crippen molar-refractivity contribution in [1.29, 1.82) is 0 Å². The molecule has 4 aromatic rings. The number of hydrogen-bond donors (Lipinski definition) is 1. The Balaban J connectivity index is 1.58. The average molecular weight is 467 g/mol. The lowest BCUT2D eigenvalue weighted by Gasteiger charge is -2.43. The summed E-state index contributed by atoms with van der Waals surface area (Å²) in [7, 11) is -2.54. The Labute approximate surface area is 205 Å². The maximum Gasteiger partial charge on any atom is 0.261 e. The maximum absolute atomic E-state index is 9.24. The van der Waals surface area contributed by atoms with E-state index in [1.807, 2.05) is 12.1 Å². The monoisotopic (exact) mass is 466 g/mol. The van der Waals surface area contributed by atoms with Crippen LogP contribution in [0.15, 0.2) is 109 Å². The molecule has 3 heteroatoms. The Morgan fingerprint density at radius 3 is 1.41 bits per heavy atom. The molecular weight excluding hydrogens is 432 g/mol. The van der Waals surface area contributed by atoms with Crippen molar-refractivity contribution in [2.24, 2.45) is 0 Å². The van der Waals surface area contributed by atoms with Crippen LogP contribution in [0.25, 0.3) is 0 Å². The van der Waals surface area contributed by atoms with Crippen molar-refractivity contribution >= 4 is 18.7 Å². The van der Waals surface area contributed by atoms with Gasteiger partial charge in [-0.3, -0.25) is 0 Å². The van der Waals surface area contributed by atoms with Gasteiger partial charge in [-0.05, 0) is 44.1 Å². The van der Waals surface area contributed by atoms with E-state index in [1.54, 1.807) is 0 Å². The van der Waals surface area contributed by atoms with Crippen LogP contribution in [0.1, 0.15) is 43.0 Å². The molecule has 4 rings (SSSR count). The molecule has 174 valence electrons. The van der Waals surface area contributed by atoms with E-state index in [0.29, 0.717) is 6.61 Å². The molecule has 2 nitrogen and oxygen atoms in total. The molecule has 0 bridgehead atoms. The fraction of sp³-hybridized carbons (Fsp3) is 0.226. The Kier molecular flexibility index (Phi) is 7.47. The van der Waals surface area contributed by atoms with E-state index in [1.165, 1.54) is 27.1 Å². The van der Waals surface area contributed by atoms with Crippen LogP contribution >= 0.6 is 0 Å². The first-order chi connectivity index (χ1) is 16.4. The lowest BCUT2D eigenvalue weighted by atomic mass is 10.0. The average Bonchev–Trinajstić information content (AvgIpc) is 2.86. The van der Waals surface area contributed by atoms with Crippen molar-refractivity contribution in [3.8, 4) is 0 Å². The Morgan fingerprint density at radius 2 is 1.00 bits per heavy atom. The van der Waals surface area contributed by atoms with Crippen LogP contribution in [0.2, 0.25) is 5.04 Å². The van der Waals surface area contributed by atoms with Crippen molar-refractivity contribution in [2.75, 3.05) is 0 Å². The molecule has 1 N–H and O–H groups in total. The van der Waals surface area contributed by atoms with Gasteiger partial charge in [0.2, 0.25) is 0 Å². The maximum atomic E-state index is 9.24. The van der Waals surface area contributed by atoms with Crippen LogP contribution in [0.5, 0.6) is 0 Å². The molecule has 0 saturated carbocycles. The highest BCUT2D eigenvalue weighted by molar-refractivity contribution is 6.99. The third kappa shape index (κ3) is 5.23. The predicted octanol–water partition coefficient (Wildman–Crippen LogP) is 5.85. The van der Waals surface area contributed by atoms with Crippen LogP contribution in [-0.4, -0.2) is 13.4 Å². The lowest BCUT2D eigenvalue weighted by molar-refractivity contribution is 0.282. The molecule has 0 atom stereocenters. The van der Waals surface area contributed by atoms with E-state index in [4.69, 9.17) is 4.43 Å². The second kappa shape index (κ2) is 10.5. The molecule has 0 aliphatic heterocycles. The van der Waals surface area contributed by atoms with Gasteiger partial charge in [0.15, 0.2) is 0 Å². The Bertz CT molecular complexity index is 1120. The van der Waals surface area contributed by atoms with Gasteiger partial charge in [0.1, 0.15) is 0 Å². The van der Waals surface area contributed by atoms with E-state index in [0.717, 1.165) is 12.0 Å². The normalized spacial score (nSPS) is 12.0. The minimum absolute atomic E-state index is 0.0314. The van der Waals surface area contributed by atoms with Crippen molar-refractivity contribution in [1.82, 2.24) is 0 Å². The highest BCUT2D eigenvalue weighted by Gasteiger charge is 2.50. The second-order valence-corrected chi connectivity index (χ2v) is 14.2. The third-order valence-corrected chi connectivity index (χ3v) is 11.5. The molecule has 0 saturated heterocycles. The Morgan fingerprint density at radius 1 is 0.588 bits per heavy atom. The number of aliphatic hydroxyl groups is 1. The summed E-state index contributed by atoms with van der Waals surface area (Å²) in [6.45, 7) is 7.60. The lowest BCUT2D eigenvalue weighted by Crippen LogP contribution is -2.66. The van der Waals surface area contributed by atoms with Gasteiger partial charge in [0, 0.05) is 0 Å². The standard InChI is InChI=1S/C31H34O2Si/c1-31(2,3)34(29-10-6-4-7-11-29,30-12-8-5-9-13-30)33-24-28-20-16-26(17-21-28)22-25-14-18-27(23-32)19-15-25/h4-21,32H,22-24H2,1-3H3. The summed E-state index contributed by atoms with van der Waals surface area (Å²) in [5.41, 5.74) is 4.64. The van der Waals surface area contributed by atoms with Gasteiger partial charge in [-0.2, -0.15) is 0 Å². The second-order valence-electron chi connectivity index (χ2n) is 9.92. The molecule has 0 radical (unpaired) electrons. The van der Waals surface area contributed by atoms with Crippen molar-refractivity contribution in [3.63, 3.8) is 0 Å². The molecule has 0 aliphatic rings. The van der Waals surface area contributed by atoms with E-state index in [2.05, 4.69) is 118 Å². The first-order valence-corrected chi connectivity index (χ1v) is 13.8. The molecular formula is C31H34O2Si. The topological polar surface area (TPSA) is 29.5 Å². The molecule has 0 unspecified atom stereocenters. The first kappa shape index (κ1) is 24.2. The zero-order valence-corrected chi connectivity index (χ0v) is 21.4. The highest BCUT2D eigenvalue weighted by Crippen LogP contribution is 2.37. The molecule has 0 aliphatic carbocycles. The van der Waals surface area contributed by atoms with Crippen LogP contribution < -0.4 is 10.4 Å². The third-order valence-electron chi connectivity index (χ3n) is 6.51. The minimum atomic E-state index is -2.54. The van der Waals surface area contributed by atoms with E-state index in [9.17, 15) is 5.11 Å². The van der Waals surface area contributed by atoms with Gasteiger partial charge < -0.3 is 9.53 Å². The SMILES string of the molecule is CC(C)(C)[Si](OCc1ccc(Cc2ccc(CO)cc2)cc1)(c1ccccc1)c1ccccc1. The van der Waals surface area contributed by atoms with Gasteiger partial charge in [0.25, 0.3) is 8.32 Å². The van der Waals surface area contributed by atoms with Crippen molar-refractivity contribution in [3.05, 3.63) is 131 Å². The van der Waals surface area contributed by atoms with Crippen molar-refractivity contribution in [2.45, 2.75) is 45.4 Å². The number of aliphatic hydroxyl groups excluding tert-OH is 1. The summed E-state index contributed by atoms with van der Waals surface area (Å²) in [5, 5.41) is 11.8. The minimum Gasteiger partial charge on any atom is -0.403 e. The van der Waals surface area contributed by atoms with E-state index >= 15 is 0 Å². The van der Waals surface area contributed by atoms with Crippen LogP contribution in [0.4, 0.5) is 0 Å². The quantitative estimate of drug-likeness (QED) is 0.330. The largest absolute Gasteiger partial charge is 0.403 e.